The van der Waals surface area contributed by atoms with E-state index in [9.17, 15) is 0 Å². The summed E-state index contributed by atoms with van der Waals surface area (Å²) in [6, 6.07) is 71.1. The van der Waals surface area contributed by atoms with Crippen LogP contribution in [0.2, 0.25) is 0 Å². The summed E-state index contributed by atoms with van der Waals surface area (Å²) in [4.78, 5) is 14.7. The van der Waals surface area contributed by atoms with Crippen molar-refractivity contribution >= 4 is 21.9 Å². The number of para-hydroxylation sites is 1. The van der Waals surface area contributed by atoms with E-state index in [1.54, 1.807) is 0 Å². The van der Waals surface area contributed by atoms with Crippen LogP contribution in [0, 0.1) is 6.92 Å². The molecular weight excluding hydrogens is 803 g/mol. The highest BCUT2D eigenvalue weighted by Crippen LogP contribution is 2.37. The molecule has 66 heavy (non-hydrogen) atoms. The quantitative estimate of drug-likeness (QED) is 0.123. The average Bonchev–Trinajstić information content (AvgIpc) is 3.76. The lowest BCUT2D eigenvalue weighted by atomic mass is 9.90. The maximum atomic E-state index is 6.26. The Labute approximate surface area is 386 Å². The van der Waals surface area contributed by atoms with E-state index in [0.717, 1.165) is 98.1 Å². The van der Waals surface area contributed by atoms with Crippen molar-refractivity contribution in [3.05, 3.63) is 247 Å². The van der Waals surface area contributed by atoms with Gasteiger partial charge in [-0.2, -0.15) is 0 Å². The smallest absolute Gasteiger partial charge is 0.136 e. The van der Waals surface area contributed by atoms with Crippen LogP contribution in [0.15, 0.2) is 223 Å². The van der Waals surface area contributed by atoms with Crippen LogP contribution in [-0.2, 0) is 25.7 Å². The molecule has 0 bridgehead atoms. The van der Waals surface area contributed by atoms with Gasteiger partial charge in [-0.15, -0.1) is 0 Å². The third-order valence-electron chi connectivity index (χ3n) is 12.8. The first kappa shape index (κ1) is 40.6. The van der Waals surface area contributed by atoms with Gasteiger partial charge in [0.25, 0.3) is 0 Å². The van der Waals surface area contributed by atoms with Crippen LogP contribution >= 0.6 is 0 Å². The number of nitrogens with zero attached hydrogens (tertiary/aromatic N) is 3. The van der Waals surface area contributed by atoms with Gasteiger partial charge >= 0.3 is 0 Å². The number of benzene rings is 7. The van der Waals surface area contributed by atoms with E-state index >= 15 is 0 Å². The summed E-state index contributed by atoms with van der Waals surface area (Å²) in [7, 11) is 0. The van der Waals surface area contributed by atoms with E-state index in [2.05, 4.69) is 183 Å². The Morgan fingerprint density at radius 2 is 0.833 bits per heavy atom. The van der Waals surface area contributed by atoms with Crippen molar-refractivity contribution in [2.45, 2.75) is 32.6 Å². The zero-order valence-electron chi connectivity index (χ0n) is 36.9. The first-order valence-electron chi connectivity index (χ1n) is 22.8. The van der Waals surface area contributed by atoms with E-state index in [0.29, 0.717) is 0 Å². The van der Waals surface area contributed by atoms with Crippen molar-refractivity contribution in [2.75, 3.05) is 0 Å². The molecule has 0 saturated carbocycles. The first-order valence-corrected chi connectivity index (χ1v) is 22.8. The number of hydrogen-bond acceptors (Lipinski definition) is 4. The number of fused-ring (bicyclic) bond motifs is 3. The van der Waals surface area contributed by atoms with Gasteiger partial charge in [0.15, 0.2) is 0 Å². The molecule has 316 valence electrons. The van der Waals surface area contributed by atoms with Crippen molar-refractivity contribution in [1.29, 1.82) is 0 Å². The fraction of sp³-hybridized carbons (Fsp3) is 0.0806. The van der Waals surface area contributed by atoms with Gasteiger partial charge in [0.05, 0.1) is 17.1 Å². The number of aromatic nitrogens is 3. The average molecular weight is 850 g/mol. The van der Waals surface area contributed by atoms with Gasteiger partial charge in [0.1, 0.15) is 11.2 Å². The monoisotopic (exact) mass is 849 g/mol. The largest absolute Gasteiger partial charge is 0.456 e. The van der Waals surface area contributed by atoms with E-state index in [1.807, 2.05) is 42.9 Å². The molecule has 0 saturated heterocycles. The van der Waals surface area contributed by atoms with Crippen molar-refractivity contribution in [1.82, 2.24) is 15.0 Å². The van der Waals surface area contributed by atoms with Crippen LogP contribution < -0.4 is 0 Å². The summed E-state index contributed by atoms with van der Waals surface area (Å²) in [5, 5.41) is 2.27. The normalized spacial score (nSPS) is 11.3. The van der Waals surface area contributed by atoms with E-state index in [-0.39, 0.29) is 0 Å². The van der Waals surface area contributed by atoms with Gasteiger partial charge in [-0.05, 0) is 131 Å². The lowest BCUT2D eigenvalue weighted by Crippen LogP contribution is -1.98. The van der Waals surface area contributed by atoms with Crippen LogP contribution in [0.4, 0.5) is 0 Å². The molecule has 0 N–H and O–H groups in total. The van der Waals surface area contributed by atoms with Crippen LogP contribution in [0.25, 0.3) is 89.1 Å². The minimum atomic E-state index is 0.898. The predicted molar refractivity (Wildman–Crippen MR) is 272 cm³/mol. The Hall–Kier alpha value is -8.21. The molecule has 0 aliphatic carbocycles. The van der Waals surface area contributed by atoms with Gasteiger partial charge in [0.2, 0.25) is 0 Å². The highest BCUT2D eigenvalue weighted by Gasteiger charge is 2.14. The summed E-state index contributed by atoms with van der Waals surface area (Å²) in [5.74, 6) is 0. The lowest BCUT2D eigenvalue weighted by molar-refractivity contribution is 0.669. The Morgan fingerprint density at radius 1 is 0.318 bits per heavy atom. The molecule has 11 rings (SSSR count). The van der Waals surface area contributed by atoms with E-state index in [4.69, 9.17) is 19.4 Å². The van der Waals surface area contributed by atoms with Crippen LogP contribution in [-0.4, -0.2) is 15.0 Å². The Morgan fingerprint density at radius 3 is 1.45 bits per heavy atom. The molecule has 7 aromatic carbocycles. The molecule has 0 fully saturated rings. The highest BCUT2D eigenvalue weighted by atomic mass is 16.3. The van der Waals surface area contributed by atoms with E-state index in [1.165, 1.54) is 44.5 Å². The van der Waals surface area contributed by atoms with Gasteiger partial charge in [0, 0.05) is 51.6 Å². The maximum absolute atomic E-state index is 6.26. The second-order valence-electron chi connectivity index (χ2n) is 17.2. The minimum absolute atomic E-state index is 0.898. The number of pyridine rings is 3. The predicted octanol–water partition coefficient (Wildman–Crippen LogP) is 15.7. The second-order valence-corrected chi connectivity index (χ2v) is 17.2. The van der Waals surface area contributed by atoms with Crippen molar-refractivity contribution in [3.63, 3.8) is 0 Å². The maximum Gasteiger partial charge on any atom is 0.136 e. The fourth-order valence-corrected chi connectivity index (χ4v) is 9.18. The number of furan rings is 1. The molecule has 0 radical (unpaired) electrons. The summed E-state index contributed by atoms with van der Waals surface area (Å²) < 4.78 is 6.26. The zero-order chi connectivity index (χ0) is 44.2. The number of aryl methyl sites for hydroxylation is 5. The van der Waals surface area contributed by atoms with Gasteiger partial charge < -0.3 is 4.42 Å². The zero-order valence-corrected chi connectivity index (χ0v) is 36.9. The molecule has 4 nitrogen and oxygen atoms in total. The molecule has 0 aliphatic rings. The third-order valence-corrected chi connectivity index (χ3v) is 12.8. The molecule has 0 unspecified atom stereocenters. The molecule has 0 amide bonds. The van der Waals surface area contributed by atoms with Crippen molar-refractivity contribution in [3.8, 4) is 67.2 Å². The molecule has 0 aliphatic heterocycles. The second kappa shape index (κ2) is 18.1. The summed E-state index contributed by atoms with van der Waals surface area (Å²) in [5.41, 5.74) is 21.3. The Bertz CT molecular complexity index is 3340. The van der Waals surface area contributed by atoms with Gasteiger partial charge in [-0.3, -0.25) is 15.0 Å². The molecule has 4 aromatic heterocycles. The first-order chi connectivity index (χ1) is 32.6. The minimum Gasteiger partial charge on any atom is -0.456 e. The summed E-state index contributed by atoms with van der Waals surface area (Å²) in [6.07, 6.45) is 9.70. The molecule has 11 aromatic rings. The van der Waals surface area contributed by atoms with Crippen molar-refractivity contribution < 1.29 is 4.42 Å². The van der Waals surface area contributed by atoms with Gasteiger partial charge in [-0.1, -0.05) is 158 Å². The van der Waals surface area contributed by atoms with Crippen LogP contribution in [0.1, 0.15) is 27.8 Å². The number of hydrogen-bond donors (Lipinski definition) is 0. The molecule has 0 spiro atoms. The van der Waals surface area contributed by atoms with Crippen LogP contribution in [0.5, 0.6) is 0 Å². The molecular formula is C62H47N3O. The summed E-state index contributed by atoms with van der Waals surface area (Å²) in [6.45, 7) is 2.16. The lowest BCUT2D eigenvalue weighted by Gasteiger charge is -2.15. The molecule has 4 heteroatoms. The summed E-state index contributed by atoms with van der Waals surface area (Å²) >= 11 is 0. The highest BCUT2D eigenvalue weighted by molar-refractivity contribution is 6.06. The van der Waals surface area contributed by atoms with Gasteiger partial charge in [-0.25, -0.2) is 0 Å². The fourth-order valence-electron chi connectivity index (χ4n) is 9.18. The Kier molecular flexibility index (Phi) is 11.1. The number of rotatable bonds is 12. The molecule has 0 atom stereocenters. The Balaban J connectivity index is 0.876. The SMILES string of the molecule is Cc1ccc(-c2ccc(-c3ccccc3-c3cc(CCc4ccc(-c5ccccc5)nc4)cc(CCc4ccc(-c5ccccc5)nc4)c3)cn2)cc1-c1ccc2c(c1)oc1ccccc12. The van der Waals surface area contributed by atoms with Crippen molar-refractivity contribution in [2.24, 2.45) is 0 Å². The third kappa shape index (κ3) is 8.57. The van der Waals surface area contributed by atoms with E-state index < -0.39 is 0 Å². The topological polar surface area (TPSA) is 51.8 Å². The standard InChI is InChI=1S/C62H47N3O/c1-42-20-27-50(37-57(42)49-28-30-56-55-18-10-11-19-61(55)66-62(56)38-49)60-33-29-51(41-65-60)53-16-8-9-17-54(53)52-35-45(23-21-43-25-31-58(63-39-43)47-12-4-2-5-13-47)34-46(36-52)24-22-44-26-32-59(64-40-44)48-14-6-3-7-15-48/h2-20,25-41H,21-24H2,1H3. The van der Waals surface area contributed by atoms with Crippen LogP contribution in [0.3, 0.4) is 0 Å². The molecule has 4 heterocycles.